The molecule has 2 rings (SSSR count). The second-order valence-corrected chi connectivity index (χ2v) is 4.78. The van der Waals surface area contributed by atoms with Gasteiger partial charge in [-0.2, -0.15) is 0 Å². The van der Waals surface area contributed by atoms with E-state index in [1.807, 2.05) is 50.4 Å². The summed E-state index contributed by atoms with van der Waals surface area (Å²) in [5, 5.41) is 3.82. The van der Waals surface area contributed by atoms with Gasteiger partial charge in [0.25, 0.3) is 0 Å². The molecule has 0 fully saturated rings. The molecule has 0 atom stereocenters. The summed E-state index contributed by atoms with van der Waals surface area (Å²) in [6.45, 7) is 3.15. The van der Waals surface area contributed by atoms with Crippen LogP contribution in [0.2, 0.25) is 5.02 Å². The number of nitrogens with one attached hydrogen (secondary N) is 1. The molecule has 4 heteroatoms. The third-order valence-corrected chi connectivity index (χ3v) is 2.95. The van der Waals surface area contributed by atoms with E-state index in [0.717, 1.165) is 29.2 Å². The number of benzene rings is 1. The lowest BCUT2D eigenvalue weighted by molar-refractivity contribution is 0.297. The van der Waals surface area contributed by atoms with Gasteiger partial charge in [0.15, 0.2) is 0 Å². The third-order valence-electron chi connectivity index (χ3n) is 2.71. The maximum absolute atomic E-state index is 5.99. The number of hydrogen-bond donors (Lipinski definition) is 1. The van der Waals surface area contributed by atoms with Crippen LogP contribution in [0.4, 0.5) is 0 Å². The summed E-state index contributed by atoms with van der Waals surface area (Å²) in [7, 11) is 1.90. The van der Waals surface area contributed by atoms with E-state index in [4.69, 9.17) is 16.3 Å². The van der Waals surface area contributed by atoms with Gasteiger partial charge in [-0.05, 0) is 44.3 Å². The highest BCUT2D eigenvalue weighted by molar-refractivity contribution is 6.30. The number of aromatic nitrogens is 1. The lowest BCUT2D eigenvalue weighted by atomic mass is 10.2. The van der Waals surface area contributed by atoms with Crippen molar-refractivity contribution in [3.8, 4) is 5.75 Å². The summed E-state index contributed by atoms with van der Waals surface area (Å²) >= 11 is 5.99. The molecule has 0 bridgehead atoms. The van der Waals surface area contributed by atoms with Crippen molar-refractivity contribution in [1.29, 1.82) is 0 Å². The molecule has 0 saturated heterocycles. The van der Waals surface area contributed by atoms with Gasteiger partial charge in [0.1, 0.15) is 12.4 Å². The maximum atomic E-state index is 5.99. The Kier molecular flexibility index (Phi) is 4.77. The summed E-state index contributed by atoms with van der Waals surface area (Å²) in [4.78, 5) is 4.41. The molecular formula is C15H17ClN2O. The van der Waals surface area contributed by atoms with E-state index >= 15 is 0 Å². The van der Waals surface area contributed by atoms with Crippen molar-refractivity contribution < 1.29 is 4.74 Å². The number of hydrogen-bond acceptors (Lipinski definition) is 3. The average Bonchev–Trinajstić information content (AvgIpc) is 2.38. The van der Waals surface area contributed by atoms with Crippen molar-refractivity contribution in [2.24, 2.45) is 0 Å². The van der Waals surface area contributed by atoms with Gasteiger partial charge in [-0.25, -0.2) is 0 Å². The smallest absolute Gasteiger partial charge is 0.130 e. The number of pyridine rings is 1. The van der Waals surface area contributed by atoms with E-state index in [2.05, 4.69) is 10.3 Å². The Morgan fingerprint density at radius 1 is 1.26 bits per heavy atom. The first kappa shape index (κ1) is 13.8. The van der Waals surface area contributed by atoms with Gasteiger partial charge in [-0.3, -0.25) is 4.98 Å². The highest BCUT2D eigenvalue weighted by Crippen LogP contribution is 2.23. The Labute approximate surface area is 118 Å². The number of ether oxygens (including phenoxy) is 1. The van der Waals surface area contributed by atoms with Gasteiger partial charge in [0, 0.05) is 22.8 Å². The fraction of sp³-hybridized carbons (Fsp3) is 0.267. The molecule has 0 unspecified atom stereocenters. The van der Waals surface area contributed by atoms with Gasteiger partial charge in [-0.1, -0.05) is 17.7 Å². The van der Waals surface area contributed by atoms with Crippen LogP contribution in [-0.4, -0.2) is 12.0 Å². The van der Waals surface area contributed by atoms with E-state index in [-0.39, 0.29) is 0 Å². The molecule has 1 heterocycles. The summed E-state index contributed by atoms with van der Waals surface area (Å²) in [6.07, 6.45) is 0. The fourth-order valence-corrected chi connectivity index (χ4v) is 2.04. The second kappa shape index (κ2) is 6.55. The molecule has 0 aliphatic carbocycles. The van der Waals surface area contributed by atoms with Gasteiger partial charge in [0.2, 0.25) is 0 Å². The first-order valence-electron chi connectivity index (χ1n) is 6.17. The molecule has 0 radical (unpaired) electrons. The molecular weight excluding hydrogens is 260 g/mol. The molecule has 19 heavy (non-hydrogen) atoms. The minimum atomic E-state index is 0.458. The van der Waals surface area contributed by atoms with Gasteiger partial charge in [0.05, 0.1) is 5.69 Å². The monoisotopic (exact) mass is 276 g/mol. The predicted molar refractivity (Wildman–Crippen MR) is 77.5 cm³/mol. The van der Waals surface area contributed by atoms with Gasteiger partial charge in [-0.15, -0.1) is 0 Å². The first-order valence-corrected chi connectivity index (χ1v) is 6.55. The summed E-state index contributed by atoms with van der Waals surface area (Å²) in [6, 6.07) is 11.6. The first-order chi connectivity index (χ1) is 9.19. The number of halogens is 1. The molecule has 0 saturated carbocycles. The molecule has 1 aromatic carbocycles. The summed E-state index contributed by atoms with van der Waals surface area (Å²) in [5.41, 5.74) is 2.96. The van der Waals surface area contributed by atoms with E-state index in [1.165, 1.54) is 0 Å². The van der Waals surface area contributed by atoms with Gasteiger partial charge >= 0.3 is 0 Å². The van der Waals surface area contributed by atoms with Crippen molar-refractivity contribution >= 4 is 11.6 Å². The highest BCUT2D eigenvalue weighted by Gasteiger charge is 2.05. The third kappa shape index (κ3) is 3.94. The van der Waals surface area contributed by atoms with Crippen LogP contribution in [0.3, 0.4) is 0 Å². The van der Waals surface area contributed by atoms with Crippen LogP contribution in [0.1, 0.15) is 17.0 Å². The van der Waals surface area contributed by atoms with Crippen molar-refractivity contribution in [3.63, 3.8) is 0 Å². The van der Waals surface area contributed by atoms with Crippen LogP contribution in [-0.2, 0) is 13.2 Å². The van der Waals surface area contributed by atoms with Crippen molar-refractivity contribution in [1.82, 2.24) is 10.3 Å². The molecule has 0 aliphatic heterocycles. The van der Waals surface area contributed by atoms with Gasteiger partial charge < -0.3 is 10.1 Å². The van der Waals surface area contributed by atoms with E-state index in [1.54, 1.807) is 0 Å². The zero-order chi connectivity index (χ0) is 13.7. The van der Waals surface area contributed by atoms with Crippen LogP contribution in [0.15, 0.2) is 36.4 Å². The molecule has 0 spiro atoms. The van der Waals surface area contributed by atoms with Crippen LogP contribution in [0, 0.1) is 6.92 Å². The minimum absolute atomic E-state index is 0.458. The quantitative estimate of drug-likeness (QED) is 0.909. The molecule has 2 aromatic rings. The zero-order valence-corrected chi connectivity index (χ0v) is 11.9. The number of aryl methyl sites for hydroxylation is 1. The maximum Gasteiger partial charge on any atom is 0.130 e. The average molecular weight is 277 g/mol. The Morgan fingerprint density at radius 3 is 2.84 bits per heavy atom. The topological polar surface area (TPSA) is 34.1 Å². The van der Waals surface area contributed by atoms with Crippen LogP contribution < -0.4 is 10.1 Å². The number of nitrogens with zero attached hydrogens (tertiary/aromatic N) is 1. The Bertz CT molecular complexity index is 558. The number of rotatable bonds is 5. The molecule has 100 valence electrons. The van der Waals surface area contributed by atoms with E-state index in [9.17, 15) is 0 Å². The molecule has 0 amide bonds. The summed E-state index contributed by atoms with van der Waals surface area (Å²) < 4.78 is 5.82. The van der Waals surface area contributed by atoms with E-state index in [0.29, 0.717) is 11.6 Å². The molecule has 1 N–H and O–H groups in total. The predicted octanol–water partition coefficient (Wildman–Crippen LogP) is 3.34. The largest absolute Gasteiger partial charge is 0.487 e. The zero-order valence-electron chi connectivity index (χ0n) is 11.1. The molecule has 0 aliphatic rings. The Hall–Kier alpha value is -1.58. The summed E-state index contributed by atoms with van der Waals surface area (Å²) in [5.74, 6) is 0.835. The van der Waals surface area contributed by atoms with Crippen molar-refractivity contribution in [2.45, 2.75) is 20.1 Å². The van der Waals surface area contributed by atoms with Crippen molar-refractivity contribution in [2.75, 3.05) is 7.05 Å². The van der Waals surface area contributed by atoms with Crippen LogP contribution in [0.5, 0.6) is 5.75 Å². The second-order valence-electron chi connectivity index (χ2n) is 4.34. The Balaban J connectivity index is 2.10. The lowest BCUT2D eigenvalue weighted by Crippen LogP contribution is -2.08. The standard InChI is InChI=1S/C15H17ClN2O/c1-11-4-3-5-14(18-11)10-19-15-7-6-13(16)8-12(15)9-17-2/h3-8,17H,9-10H2,1-2H3. The normalized spacial score (nSPS) is 10.5. The Morgan fingerprint density at radius 2 is 2.11 bits per heavy atom. The minimum Gasteiger partial charge on any atom is -0.487 e. The van der Waals surface area contributed by atoms with Crippen LogP contribution in [0.25, 0.3) is 0 Å². The molecule has 1 aromatic heterocycles. The molecule has 3 nitrogen and oxygen atoms in total. The van der Waals surface area contributed by atoms with Crippen LogP contribution >= 0.6 is 11.6 Å². The van der Waals surface area contributed by atoms with E-state index < -0.39 is 0 Å². The fourth-order valence-electron chi connectivity index (χ4n) is 1.85. The SMILES string of the molecule is CNCc1cc(Cl)ccc1OCc1cccc(C)n1. The lowest BCUT2D eigenvalue weighted by Gasteiger charge is -2.11. The highest BCUT2D eigenvalue weighted by atomic mass is 35.5. The van der Waals surface area contributed by atoms with Crippen molar-refractivity contribution in [3.05, 3.63) is 58.4 Å².